The minimum absolute atomic E-state index is 0.127. The summed E-state index contributed by atoms with van der Waals surface area (Å²) in [5.41, 5.74) is 3.25. The van der Waals surface area contributed by atoms with Crippen molar-refractivity contribution in [3.63, 3.8) is 0 Å². The standard InChI is InChI=1S/C32H41ClN2O6S/c1-40-17-15-27-7-2-3-8-30(36)28-13-10-24(28)20-35-16-5-4-6-22-18-26(33)12-9-25(22)21-41-31-14-11-23(19-29(31)35)32(37)34-42(27,38)39/h3,8-9,11-12,14,18-19,24,27-28,30,36H,2,4-7,10,13,15-17,20-21H2,1H3,(H,34,37)/b8-3+/t24-,27+,28+,30-/m0/s1. The number of nitrogens with zero attached hydrogens (tertiary/aromatic N) is 1. The summed E-state index contributed by atoms with van der Waals surface area (Å²) >= 11 is 6.30. The number of rotatable bonds is 3. The minimum Gasteiger partial charge on any atom is -0.487 e. The molecule has 0 unspecified atom stereocenters. The van der Waals surface area contributed by atoms with Crippen LogP contribution in [0.3, 0.4) is 0 Å². The second kappa shape index (κ2) is 13.8. The number of carbonyl (C=O) groups excluding carboxylic acids is 1. The van der Waals surface area contributed by atoms with E-state index in [2.05, 4.69) is 9.62 Å². The van der Waals surface area contributed by atoms with E-state index in [0.717, 1.165) is 49.9 Å². The van der Waals surface area contributed by atoms with Crippen LogP contribution in [0.5, 0.6) is 5.75 Å². The smallest absolute Gasteiger partial charge is 0.264 e. The van der Waals surface area contributed by atoms with E-state index >= 15 is 0 Å². The van der Waals surface area contributed by atoms with E-state index in [1.54, 1.807) is 18.2 Å². The molecule has 2 bridgehead atoms. The lowest BCUT2D eigenvalue weighted by atomic mass is 9.70. The molecule has 1 fully saturated rings. The van der Waals surface area contributed by atoms with Crippen molar-refractivity contribution in [2.75, 3.05) is 31.7 Å². The molecule has 0 aromatic heterocycles. The molecule has 5 rings (SSSR count). The first-order valence-electron chi connectivity index (χ1n) is 14.9. The van der Waals surface area contributed by atoms with E-state index in [4.69, 9.17) is 21.1 Å². The van der Waals surface area contributed by atoms with Crippen molar-refractivity contribution in [2.45, 2.75) is 69.3 Å². The molecule has 1 saturated carbocycles. The Balaban J connectivity index is 1.52. The molecule has 2 N–H and O–H groups in total. The van der Waals surface area contributed by atoms with Crippen LogP contribution in [0.4, 0.5) is 5.69 Å². The maximum Gasteiger partial charge on any atom is 0.264 e. The third-order valence-electron chi connectivity index (χ3n) is 8.91. The molecule has 3 aliphatic rings. The zero-order chi connectivity index (χ0) is 29.7. The van der Waals surface area contributed by atoms with Crippen molar-refractivity contribution < 1.29 is 27.8 Å². The van der Waals surface area contributed by atoms with Gasteiger partial charge in [0.25, 0.3) is 5.91 Å². The van der Waals surface area contributed by atoms with Crippen LogP contribution in [0.1, 0.15) is 66.4 Å². The lowest BCUT2D eigenvalue weighted by Gasteiger charge is -2.42. The number of amides is 1. The van der Waals surface area contributed by atoms with Gasteiger partial charge in [0.15, 0.2) is 0 Å². The normalized spacial score (nSPS) is 27.2. The third-order valence-corrected chi connectivity index (χ3v) is 11.0. The zero-order valence-electron chi connectivity index (χ0n) is 24.1. The molecule has 2 aromatic carbocycles. The van der Waals surface area contributed by atoms with E-state index < -0.39 is 27.3 Å². The van der Waals surface area contributed by atoms with Crippen LogP contribution in [0, 0.1) is 11.8 Å². The van der Waals surface area contributed by atoms with Gasteiger partial charge < -0.3 is 19.5 Å². The molecule has 4 atom stereocenters. The van der Waals surface area contributed by atoms with Crippen molar-refractivity contribution in [2.24, 2.45) is 11.8 Å². The third kappa shape index (κ3) is 7.30. The number of aliphatic hydroxyl groups is 1. The second-order valence-corrected chi connectivity index (χ2v) is 14.1. The van der Waals surface area contributed by atoms with Gasteiger partial charge in [-0.1, -0.05) is 29.8 Å². The summed E-state index contributed by atoms with van der Waals surface area (Å²) in [6.07, 6.45) is 8.87. The molecular formula is C32H41ClN2O6S. The van der Waals surface area contributed by atoms with Crippen LogP contribution in [0.25, 0.3) is 0 Å². The van der Waals surface area contributed by atoms with Gasteiger partial charge in [-0.25, -0.2) is 13.1 Å². The first-order valence-corrected chi connectivity index (χ1v) is 16.9. The van der Waals surface area contributed by atoms with Crippen molar-refractivity contribution in [3.8, 4) is 5.75 Å². The van der Waals surface area contributed by atoms with Gasteiger partial charge in [0.05, 0.1) is 17.0 Å². The Bertz CT molecular complexity index is 1400. The lowest BCUT2D eigenvalue weighted by Crippen LogP contribution is -2.43. The van der Waals surface area contributed by atoms with Gasteiger partial charge in [0, 0.05) is 37.4 Å². The van der Waals surface area contributed by atoms with E-state index in [1.165, 1.54) is 12.7 Å². The van der Waals surface area contributed by atoms with Crippen molar-refractivity contribution in [3.05, 3.63) is 70.3 Å². The fourth-order valence-corrected chi connectivity index (χ4v) is 7.86. The number of allylic oxidation sites excluding steroid dienone is 1. The fourth-order valence-electron chi connectivity index (χ4n) is 6.27. The molecule has 228 valence electrons. The lowest BCUT2D eigenvalue weighted by molar-refractivity contribution is 0.0461. The van der Waals surface area contributed by atoms with Crippen LogP contribution in [-0.2, 0) is 27.8 Å². The van der Waals surface area contributed by atoms with E-state index in [-0.39, 0.29) is 24.5 Å². The number of benzene rings is 2. The minimum atomic E-state index is -3.97. The number of sulfonamides is 1. The first kappa shape index (κ1) is 30.9. The van der Waals surface area contributed by atoms with Crippen LogP contribution in [0.15, 0.2) is 48.6 Å². The van der Waals surface area contributed by atoms with Gasteiger partial charge >= 0.3 is 0 Å². The van der Waals surface area contributed by atoms with Crippen LogP contribution in [0.2, 0.25) is 5.02 Å². The summed E-state index contributed by atoms with van der Waals surface area (Å²) in [7, 11) is -2.45. The molecule has 2 heterocycles. The highest BCUT2D eigenvalue weighted by molar-refractivity contribution is 7.90. The predicted molar refractivity (Wildman–Crippen MR) is 165 cm³/mol. The van der Waals surface area contributed by atoms with E-state index in [0.29, 0.717) is 42.7 Å². The number of carbonyl (C=O) groups is 1. The Labute approximate surface area is 254 Å². The van der Waals surface area contributed by atoms with Gasteiger partial charge in [-0.05, 0) is 105 Å². The molecular weight excluding hydrogens is 576 g/mol. The predicted octanol–water partition coefficient (Wildman–Crippen LogP) is 5.26. The summed E-state index contributed by atoms with van der Waals surface area (Å²) in [4.78, 5) is 15.6. The van der Waals surface area contributed by atoms with Gasteiger partial charge in [0.1, 0.15) is 12.4 Å². The van der Waals surface area contributed by atoms with E-state index in [1.807, 2.05) is 30.4 Å². The largest absolute Gasteiger partial charge is 0.487 e. The van der Waals surface area contributed by atoms with Crippen molar-refractivity contribution >= 4 is 33.2 Å². The number of ether oxygens (including phenoxy) is 2. The molecule has 42 heavy (non-hydrogen) atoms. The first-order chi connectivity index (χ1) is 20.2. The second-order valence-electron chi connectivity index (χ2n) is 11.7. The Morgan fingerprint density at radius 2 is 1.98 bits per heavy atom. The highest BCUT2D eigenvalue weighted by Gasteiger charge is 2.37. The maximum absolute atomic E-state index is 13.4. The SMILES string of the molecule is COCC[C@H]1CC/C=C/[C@H](O)[C@@H]2CC[C@H]2CN2CCCCc3cc(Cl)ccc3COc3ccc(cc32)C(=O)NS1(=O)=O. The number of halogens is 1. The number of anilines is 1. The molecule has 1 aliphatic carbocycles. The van der Waals surface area contributed by atoms with Gasteiger partial charge in [-0.15, -0.1) is 0 Å². The summed E-state index contributed by atoms with van der Waals surface area (Å²) in [6.45, 7) is 2.07. The molecule has 2 aliphatic heterocycles. The Morgan fingerprint density at radius 3 is 2.76 bits per heavy atom. The highest BCUT2D eigenvalue weighted by Crippen LogP contribution is 2.41. The van der Waals surface area contributed by atoms with Crippen LogP contribution in [-0.4, -0.2) is 57.6 Å². The van der Waals surface area contributed by atoms with Gasteiger partial charge in [0.2, 0.25) is 10.0 Å². The average molecular weight is 617 g/mol. The summed E-state index contributed by atoms with van der Waals surface area (Å²) in [6, 6.07) is 11.0. The van der Waals surface area contributed by atoms with E-state index in [9.17, 15) is 18.3 Å². The summed E-state index contributed by atoms with van der Waals surface area (Å²) < 4.78 is 40.5. The highest BCUT2D eigenvalue weighted by atomic mass is 35.5. The maximum atomic E-state index is 13.4. The van der Waals surface area contributed by atoms with Crippen molar-refractivity contribution in [1.29, 1.82) is 0 Å². The number of hydrogen-bond donors (Lipinski definition) is 2. The van der Waals surface area contributed by atoms with Gasteiger partial charge in [-0.3, -0.25) is 4.79 Å². The van der Waals surface area contributed by atoms with Crippen LogP contribution < -0.4 is 14.4 Å². The van der Waals surface area contributed by atoms with Crippen molar-refractivity contribution in [1.82, 2.24) is 4.72 Å². The molecule has 10 heteroatoms. The number of fused-ring (bicyclic) bond motifs is 3. The summed E-state index contributed by atoms with van der Waals surface area (Å²) in [5, 5.41) is 10.9. The number of methoxy groups -OCH3 is 1. The van der Waals surface area contributed by atoms with Gasteiger partial charge in [-0.2, -0.15) is 0 Å². The number of aliphatic hydroxyl groups excluding tert-OH is 1. The number of nitrogens with one attached hydrogen (secondary N) is 1. The Morgan fingerprint density at radius 1 is 1.12 bits per heavy atom. The average Bonchev–Trinajstić information content (AvgIpc) is 2.97. The molecule has 1 amide bonds. The number of hydrogen-bond acceptors (Lipinski definition) is 7. The molecule has 0 radical (unpaired) electrons. The van der Waals surface area contributed by atoms with Crippen LogP contribution >= 0.6 is 11.6 Å². The molecule has 0 saturated heterocycles. The Kier molecular flexibility index (Phi) is 10.1. The topological polar surface area (TPSA) is 105 Å². The Hall–Kier alpha value is -2.59. The fraction of sp³-hybridized carbons (Fsp3) is 0.531. The summed E-state index contributed by atoms with van der Waals surface area (Å²) in [5.74, 6) is 0.392. The molecule has 2 aromatic rings. The quantitative estimate of drug-likeness (QED) is 0.453. The monoisotopic (exact) mass is 616 g/mol. The number of aryl methyl sites for hydroxylation is 1. The molecule has 8 nitrogen and oxygen atoms in total. The molecule has 0 spiro atoms. The zero-order valence-corrected chi connectivity index (χ0v) is 25.7.